The standard InChI is InChI=1S/C13H14ClF3N4O/c1-6-5-7(2)20(18-6)12(22)9(4)21-8(3)10(14)11(19-21)13(15,16)17/h5,9H,1-4H3/t9-/m0/s1. The number of carbonyl (C=O) groups is 1. The second-order valence-corrected chi connectivity index (χ2v) is 5.42. The van der Waals surface area contributed by atoms with Crippen molar-refractivity contribution in [2.45, 2.75) is 39.9 Å². The summed E-state index contributed by atoms with van der Waals surface area (Å²) in [5.41, 5.74) is 0.126. The molecule has 0 unspecified atom stereocenters. The smallest absolute Gasteiger partial charge is 0.270 e. The minimum atomic E-state index is -4.67. The summed E-state index contributed by atoms with van der Waals surface area (Å²) < 4.78 is 40.6. The Bertz CT molecular complexity index is 732. The fourth-order valence-corrected chi connectivity index (χ4v) is 2.42. The summed E-state index contributed by atoms with van der Waals surface area (Å²) in [7, 11) is 0. The lowest BCUT2D eigenvalue weighted by Gasteiger charge is -2.14. The van der Waals surface area contributed by atoms with Crippen molar-refractivity contribution in [1.82, 2.24) is 19.6 Å². The number of halogens is 4. The van der Waals surface area contributed by atoms with E-state index < -0.39 is 28.8 Å². The highest BCUT2D eigenvalue weighted by atomic mass is 35.5. The number of hydrogen-bond acceptors (Lipinski definition) is 3. The van der Waals surface area contributed by atoms with Gasteiger partial charge in [-0.15, -0.1) is 0 Å². The number of rotatable bonds is 2. The minimum absolute atomic E-state index is 0.0800. The van der Waals surface area contributed by atoms with Gasteiger partial charge in [-0.25, -0.2) is 4.68 Å². The predicted octanol–water partition coefficient (Wildman–Crippen LogP) is 3.58. The van der Waals surface area contributed by atoms with Gasteiger partial charge in [0.1, 0.15) is 6.04 Å². The quantitative estimate of drug-likeness (QED) is 0.843. The van der Waals surface area contributed by atoms with E-state index in [1.807, 2.05) is 0 Å². The van der Waals surface area contributed by atoms with Crippen molar-refractivity contribution in [3.8, 4) is 0 Å². The lowest BCUT2D eigenvalue weighted by Crippen LogP contribution is -2.26. The fraction of sp³-hybridized carbons (Fsp3) is 0.462. The zero-order chi connectivity index (χ0) is 16.8. The van der Waals surface area contributed by atoms with E-state index in [1.165, 1.54) is 13.8 Å². The highest BCUT2D eigenvalue weighted by Gasteiger charge is 2.39. The first-order chi connectivity index (χ1) is 10.0. The van der Waals surface area contributed by atoms with E-state index in [1.54, 1.807) is 19.9 Å². The molecular formula is C13H14ClF3N4O. The molecule has 0 aliphatic heterocycles. The van der Waals surface area contributed by atoms with Crippen LogP contribution < -0.4 is 0 Å². The Kier molecular flexibility index (Phi) is 4.08. The van der Waals surface area contributed by atoms with E-state index in [4.69, 9.17) is 11.6 Å². The van der Waals surface area contributed by atoms with E-state index in [0.717, 1.165) is 9.36 Å². The first-order valence-electron chi connectivity index (χ1n) is 6.43. The van der Waals surface area contributed by atoms with Crippen molar-refractivity contribution < 1.29 is 18.0 Å². The van der Waals surface area contributed by atoms with Crippen LogP contribution in [-0.4, -0.2) is 25.5 Å². The highest BCUT2D eigenvalue weighted by Crippen LogP contribution is 2.36. The number of aromatic nitrogens is 4. The third-order valence-corrected chi connectivity index (χ3v) is 3.74. The number of aryl methyl sites for hydroxylation is 2. The molecule has 0 N–H and O–H groups in total. The largest absolute Gasteiger partial charge is 0.436 e. The van der Waals surface area contributed by atoms with Crippen molar-refractivity contribution in [1.29, 1.82) is 0 Å². The van der Waals surface area contributed by atoms with Crippen LogP contribution in [0, 0.1) is 20.8 Å². The molecule has 2 heterocycles. The second-order valence-electron chi connectivity index (χ2n) is 5.04. The van der Waals surface area contributed by atoms with Gasteiger partial charge in [-0.1, -0.05) is 11.6 Å². The van der Waals surface area contributed by atoms with Crippen LogP contribution >= 0.6 is 11.6 Å². The van der Waals surface area contributed by atoms with Gasteiger partial charge in [0.2, 0.25) is 0 Å². The van der Waals surface area contributed by atoms with Gasteiger partial charge < -0.3 is 0 Å². The first-order valence-corrected chi connectivity index (χ1v) is 6.81. The van der Waals surface area contributed by atoms with Crippen molar-refractivity contribution in [3.05, 3.63) is 33.9 Å². The third-order valence-electron chi connectivity index (χ3n) is 3.29. The molecule has 0 aliphatic carbocycles. The molecule has 5 nitrogen and oxygen atoms in total. The van der Waals surface area contributed by atoms with Gasteiger partial charge in [0.25, 0.3) is 5.91 Å². The van der Waals surface area contributed by atoms with Crippen LogP contribution in [0.25, 0.3) is 0 Å². The van der Waals surface area contributed by atoms with Crippen molar-refractivity contribution >= 4 is 17.5 Å². The molecule has 0 spiro atoms. The SMILES string of the molecule is Cc1cc(C)n(C(=O)[C@H](C)n2nc(C(F)(F)F)c(Cl)c2C)n1. The molecule has 0 saturated carbocycles. The summed E-state index contributed by atoms with van der Waals surface area (Å²) in [6.45, 7) is 6.25. The maximum atomic E-state index is 12.8. The molecular weight excluding hydrogens is 321 g/mol. The molecule has 0 aromatic carbocycles. The summed E-state index contributed by atoms with van der Waals surface area (Å²) in [6.07, 6.45) is -4.67. The molecule has 22 heavy (non-hydrogen) atoms. The normalized spacial score (nSPS) is 13.5. The molecule has 2 rings (SSSR count). The number of nitrogens with zero attached hydrogens (tertiary/aromatic N) is 4. The average Bonchev–Trinajstić information content (AvgIpc) is 2.88. The maximum Gasteiger partial charge on any atom is 0.436 e. The molecule has 0 amide bonds. The average molecular weight is 335 g/mol. The molecule has 120 valence electrons. The van der Waals surface area contributed by atoms with Gasteiger partial charge in [0.05, 0.1) is 16.4 Å². The van der Waals surface area contributed by atoms with Crippen molar-refractivity contribution in [2.75, 3.05) is 0 Å². The molecule has 0 aliphatic rings. The molecule has 1 atom stereocenters. The summed E-state index contributed by atoms with van der Waals surface area (Å²) in [5.74, 6) is -0.485. The number of alkyl halides is 3. The van der Waals surface area contributed by atoms with Crippen LogP contribution in [0.15, 0.2) is 6.07 Å². The first kappa shape index (κ1) is 16.5. The fourth-order valence-electron chi connectivity index (χ4n) is 2.19. The molecule has 0 bridgehead atoms. The molecule has 9 heteroatoms. The Morgan fingerprint density at radius 2 is 1.86 bits per heavy atom. The van der Waals surface area contributed by atoms with Gasteiger partial charge in [-0.05, 0) is 33.8 Å². The summed E-state index contributed by atoms with van der Waals surface area (Å²) in [5, 5.41) is 7.00. The predicted molar refractivity (Wildman–Crippen MR) is 74.0 cm³/mol. The van der Waals surface area contributed by atoms with E-state index in [9.17, 15) is 18.0 Å². The van der Waals surface area contributed by atoms with Crippen LogP contribution in [-0.2, 0) is 6.18 Å². The van der Waals surface area contributed by atoms with Gasteiger partial charge in [-0.2, -0.15) is 23.4 Å². The lowest BCUT2D eigenvalue weighted by molar-refractivity contribution is -0.141. The highest BCUT2D eigenvalue weighted by molar-refractivity contribution is 6.32. The number of carbonyl (C=O) groups excluding carboxylic acids is 1. The van der Waals surface area contributed by atoms with E-state index in [-0.39, 0.29) is 5.69 Å². The molecule has 0 fully saturated rings. The van der Waals surface area contributed by atoms with Gasteiger partial charge >= 0.3 is 6.18 Å². The molecule has 0 saturated heterocycles. The van der Waals surface area contributed by atoms with Crippen LogP contribution in [0.1, 0.15) is 40.5 Å². The van der Waals surface area contributed by atoms with Crippen LogP contribution in [0.4, 0.5) is 13.2 Å². The molecule has 2 aromatic rings. The zero-order valence-corrected chi connectivity index (χ0v) is 13.1. The van der Waals surface area contributed by atoms with E-state index in [0.29, 0.717) is 11.4 Å². The van der Waals surface area contributed by atoms with E-state index >= 15 is 0 Å². The van der Waals surface area contributed by atoms with Crippen molar-refractivity contribution in [3.63, 3.8) is 0 Å². The Morgan fingerprint density at radius 3 is 2.27 bits per heavy atom. The zero-order valence-electron chi connectivity index (χ0n) is 12.4. The molecule has 0 radical (unpaired) electrons. The summed E-state index contributed by atoms with van der Waals surface area (Å²) in [6, 6.07) is 0.737. The van der Waals surface area contributed by atoms with Crippen LogP contribution in [0.5, 0.6) is 0 Å². The summed E-state index contributed by atoms with van der Waals surface area (Å²) >= 11 is 5.69. The van der Waals surface area contributed by atoms with Crippen LogP contribution in [0.2, 0.25) is 5.02 Å². The maximum absolute atomic E-state index is 12.8. The number of hydrogen-bond donors (Lipinski definition) is 0. The van der Waals surface area contributed by atoms with Gasteiger partial charge in [-0.3, -0.25) is 9.48 Å². The Morgan fingerprint density at radius 1 is 1.27 bits per heavy atom. The lowest BCUT2D eigenvalue weighted by atomic mass is 10.3. The Balaban J connectivity index is 2.44. The topological polar surface area (TPSA) is 52.7 Å². The van der Waals surface area contributed by atoms with Crippen LogP contribution in [0.3, 0.4) is 0 Å². The van der Waals surface area contributed by atoms with Gasteiger partial charge in [0.15, 0.2) is 5.69 Å². The summed E-state index contributed by atoms with van der Waals surface area (Å²) in [4.78, 5) is 12.4. The second kappa shape index (κ2) is 5.42. The van der Waals surface area contributed by atoms with E-state index in [2.05, 4.69) is 10.2 Å². The molecule has 2 aromatic heterocycles. The van der Waals surface area contributed by atoms with Gasteiger partial charge in [0, 0.05) is 5.69 Å². The Labute approximate surface area is 129 Å². The third kappa shape index (κ3) is 2.75. The minimum Gasteiger partial charge on any atom is -0.270 e. The van der Waals surface area contributed by atoms with Crippen molar-refractivity contribution in [2.24, 2.45) is 0 Å². The monoisotopic (exact) mass is 334 g/mol. The Hall–Kier alpha value is -1.83.